The molecule has 0 radical (unpaired) electrons. The van der Waals surface area contributed by atoms with Crippen molar-refractivity contribution in [3.8, 4) is 0 Å². The Morgan fingerprint density at radius 2 is 1.50 bits per heavy atom. The lowest BCUT2D eigenvalue weighted by atomic mass is 9.37. The Labute approximate surface area is 104 Å². The molecule has 0 heterocycles. The molecule has 2 fully saturated rings. The van der Waals surface area contributed by atoms with E-state index in [0.717, 1.165) is 17.8 Å². The molecule has 0 aromatic carbocycles. The van der Waals surface area contributed by atoms with Crippen LogP contribution in [0.5, 0.6) is 0 Å². The lowest BCUT2D eigenvalue weighted by Crippen LogP contribution is -2.39. The SMILES string of the molecule is BC(B)(C1CCC2CCCCC21)C(C)(C)C. The first-order chi connectivity index (χ1) is 7.34. The second kappa shape index (κ2) is 4.10. The molecule has 16 heavy (non-hydrogen) atoms. The van der Waals surface area contributed by atoms with Gasteiger partial charge in [-0.05, 0) is 36.0 Å². The van der Waals surface area contributed by atoms with Gasteiger partial charge in [-0.25, -0.2) is 0 Å². The van der Waals surface area contributed by atoms with Crippen LogP contribution in [0.3, 0.4) is 0 Å². The Hall–Kier alpha value is 0.130. The monoisotopic (exact) mass is 218 g/mol. The molecule has 2 heteroatoms. The molecular weight excluding hydrogens is 190 g/mol. The largest absolute Gasteiger partial charge is 0.100 e. The van der Waals surface area contributed by atoms with Gasteiger partial charge in [0.05, 0.1) is 0 Å². The third-order valence-corrected chi connectivity index (χ3v) is 6.19. The summed E-state index contributed by atoms with van der Waals surface area (Å²) in [7, 11) is 5.04. The Balaban J connectivity index is 2.16. The molecule has 0 aromatic heterocycles. The maximum absolute atomic E-state index is 2.52. The van der Waals surface area contributed by atoms with Gasteiger partial charge in [0, 0.05) is 0 Å². The Morgan fingerprint density at radius 3 is 2.12 bits per heavy atom. The molecule has 90 valence electrons. The van der Waals surface area contributed by atoms with E-state index in [1.54, 1.807) is 0 Å². The van der Waals surface area contributed by atoms with Gasteiger partial charge < -0.3 is 0 Å². The zero-order valence-electron chi connectivity index (χ0n) is 12.0. The normalized spacial score (nSPS) is 36.1. The van der Waals surface area contributed by atoms with Gasteiger partial charge in [-0.15, -0.1) is 0 Å². The number of rotatable bonds is 1. The molecule has 0 saturated heterocycles. The summed E-state index contributed by atoms with van der Waals surface area (Å²) in [6, 6.07) is 0. The predicted molar refractivity (Wildman–Crippen MR) is 77.4 cm³/mol. The summed E-state index contributed by atoms with van der Waals surface area (Å²) < 4.78 is 0. The maximum atomic E-state index is 2.52. The van der Waals surface area contributed by atoms with Crippen LogP contribution >= 0.6 is 0 Å². The van der Waals surface area contributed by atoms with Crippen LogP contribution in [0.15, 0.2) is 0 Å². The minimum atomic E-state index is 0.448. The van der Waals surface area contributed by atoms with Gasteiger partial charge in [-0.1, -0.05) is 51.7 Å². The lowest BCUT2D eigenvalue weighted by molar-refractivity contribution is 0.163. The van der Waals surface area contributed by atoms with Crippen LogP contribution in [0.1, 0.15) is 59.3 Å². The third-order valence-electron chi connectivity index (χ3n) is 6.19. The first-order valence-electron chi connectivity index (χ1n) is 7.34. The average Bonchev–Trinajstić information content (AvgIpc) is 2.59. The smallest absolute Gasteiger partial charge is 0.0769 e. The van der Waals surface area contributed by atoms with Gasteiger partial charge in [0.25, 0.3) is 0 Å². The second-order valence-corrected chi connectivity index (χ2v) is 7.86. The molecule has 2 aliphatic carbocycles. The predicted octanol–water partition coefficient (Wildman–Crippen LogP) is 2.63. The van der Waals surface area contributed by atoms with E-state index < -0.39 is 0 Å². The van der Waals surface area contributed by atoms with Crippen molar-refractivity contribution in [3.05, 3.63) is 0 Å². The van der Waals surface area contributed by atoms with Crippen LogP contribution in [0, 0.1) is 23.2 Å². The molecule has 0 aliphatic heterocycles. The van der Waals surface area contributed by atoms with E-state index >= 15 is 0 Å². The second-order valence-electron chi connectivity index (χ2n) is 7.86. The van der Waals surface area contributed by atoms with E-state index in [9.17, 15) is 0 Å². The summed E-state index contributed by atoms with van der Waals surface area (Å²) in [6.07, 6.45) is 9.08. The molecule has 2 saturated carbocycles. The lowest BCUT2D eigenvalue weighted by Gasteiger charge is -2.48. The molecule has 0 bridgehead atoms. The molecule has 0 amide bonds. The van der Waals surface area contributed by atoms with Gasteiger partial charge in [0.15, 0.2) is 0 Å². The van der Waals surface area contributed by atoms with Crippen LogP contribution < -0.4 is 0 Å². The van der Waals surface area contributed by atoms with Crippen LogP contribution in [0.4, 0.5) is 0 Å². The summed E-state index contributed by atoms with van der Waals surface area (Å²) in [5.74, 6) is 3.13. The van der Waals surface area contributed by atoms with E-state index in [4.69, 9.17) is 0 Å². The molecule has 0 nitrogen and oxygen atoms in total. The molecule has 2 rings (SSSR count). The van der Waals surface area contributed by atoms with Gasteiger partial charge in [0.1, 0.15) is 15.7 Å². The van der Waals surface area contributed by atoms with Crippen molar-refractivity contribution in [2.75, 3.05) is 0 Å². The van der Waals surface area contributed by atoms with Gasteiger partial charge >= 0.3 is 0 Å². The molecule has 2 aliphatic rings. The van der Waals surface area contributed by atoms with Gasteiger partial charge in [-0.2, -0.15) is 0 Å². The Kier molecular flexibility index (Phi) is 3.23. The quantitative estimate of drug-likeness (QED) is 0.593. The van der Waals surface area contributed by atoms with E-state index in [0.29, 0.717) is 10.6 Å². The highest BCUT2D eigenvalue weighted by atomic mass is 14.5. The van der Waals surface area contributed by atoms with Crippen molar-refractivity contribution in [2.45, 2.75) is 64.5 Å². The van der Waals surface area contributed by atoms with Crippen LogP contribution in [0.25, 0.3) is 0 Å². The zero-order chi connectivity index (χ0) is 12.0. The Bertz CT molecular complexity index is 252. The van der Waals surface area contributed by atoms with E-state index in [1.807, 2.05) is 0 Å². The third kappa shape index (κ3) is 1.97. The van der Waals surface area contributed by atoms with Gasteiger partial charge in [-0.3, -0.25) is 0 Å². The number of hydrogen-bond acceptors (Lipinski definition) is 0. The van der Waals surface area contributed by atoms with Crippen molar-refractivity contribution < 1.29 is 0 Å². The zero-order valence-corrected chi connectivity index (χ0v) is 12.0. The molecular formula is C14H28B2. The average molecular weight is 218 g/mol. The van der Waals surface area contributed by atoms with Crippen molar-refractivity contribution in [2.24, 2.45) is 23.2 Å². The summed E-state index contributed by atoms with van der Waals surface area (Å²) in [4.78, 5) is 0. The minimum Gasteiger partial charge on any atom is -0.0769 e. The summed E-state index contributed by atoms with van der Waals surface area (Å²) >= 11 is 0. The molecule has 0 N–H and O–H groups in total. The Morgan fingerprint density at radius 1 is 0.875 bits per heavy atom. The first kappa shape index (κ1) is 12.6. The van der Waals surface area contributed by atoms with Crippen molar-refractivity contribution in [1.29, 1.82) is 0 Å². The number of hydrogen-bond donors (Lipinski definition) is 0. The van der Waals surface area contributed by atoms with Gasteiger partial charge in [0.2, 0.25) is 0 Å². The molecule has 0 aromatic rings. The highest BCUT2D eigenvalue weighted by Gasteiger charge is 2.48. The fourth-order valence-electron chi connectivity index (χ4n) is 4.18. The maximum Gasteiger partial charge on any atom is 0.100 e. The van der Waals surface area contributed by atoms with E-state index in [1.165, 1.54) is 38.5 Å². The van der Waals surface area contributed by atoms with Crippen molar-refractivity contribution in [3.63, 3.8) is 0 Å². The number of fused-ring (bicyclic) bond motifs is 1. The standard InChI is InChI=1S/C14H28B2/c1-13(2,3)14(15,16)12-9-8-10-6-4-5-7-11(10)12/h10-12H,4-9,15-16H2,1-3H3. The van der Waals surface area contributed by atoms with Crippen LogP contribution in [-0.2, 0) is 0 Å². The molecule has 0 spiro atoms. The highest BCUT2D eigenvalue weighted by Crippen LogP contribution is 2.58. The first-order valence-corrected chi connectivity index (χ1v) is 7.34. The highest BCUT2D eigenvalue weighted by molar-refractivity contribution is 6.40. The van der Waals surface area contributed by atoms with Crippen LogP contribution in [-0.4, -0.2) is 15.7 Å². The minimum absolute atomic E-state index is 0.448. The van der Waals surface area contributed by atoms with E-state index in [2.05, 4.69) is 36.5 Å². The summed E-state index contributed by atoms with van der Waals surface area (Å²) in [5.41, 5.74) is 0.448. The van der Waals surface area contributed by atoms with Crippen LogP contribution in [0.2, 0.25) is 5.21 Å². The molecule has 3 unspecified atom stereocenters. The topological polar surface area (TPSA) is 0 Å². The fourth-order valence-corrected chi connectivity index (χ4v) is 4.18. The summed E-state index contributed by atoms with van der Waals surface area (Å²) in [5, 5.41) is 0.504. The fraction of sp³-hybridized carbons (Fsp3) is 1.00. The van der Waals surface area contributed by atoms with E-state index in [-0.39, 0.29) is 0 Å². The van der Waals surface area contributed by atoms with Crippen molar-refractivity contribution >= 4 is 15.7 Å². The molecule has 3 atom stereocenters. The van der Waals surface area contributed by atoms with Crippen molar-refractivity contribution in [1.82, 2.24) is 0 Å². The summed E-state index contributed by atoms with van der Waals surface area (Å²) in [6.45, 7) is 7.30.